The van der Waals surface area contributed by atoms with E-state index in [0.717, 1.165) is 5.56 Å². The Bertz CT molecular complexity index is 722. The molecule has 0 saturated heterocycles. The van der Waals surface area contributed by atoms with Crippen molar-refractivity contribution in [2.75, 3.05) is 39.5 Å². The Morgan fingerprint density at radius 2 is 1.87 bits per heavy atom. The molecule has 0 aliphatic carbocycles. The Kier molecular flexibility index (Phi) is 11.3. The number of carbonyl (C=O) groups is 3. The summed E-state index contributed by atoms with van der Waals surface area (Å²) in [5.74, 6) is -1.55. The second-order valence-corrected chi connectivity index (χ2v) is 7.37. The van der Waals surface area contributed by atoms with Gasteiger partial charge in [0.25, 0.3) is 0 Å². The predicted molar refractivity (Wildman–Crippen MR) is 115 cm³/mol. The Hall–Kier alpha value is -2.71. The molecule has 0 radical (unpaired) electrons. The highest BCUT2D eigenvalue weighted by Crippen LogP contribution is 2.17. The average molecular weight is 433 g/mol. The number of ether oxygens (including phenoxy) is 2. The molecule has 1 aliphatic rings. The summed E-state index contributed by atoms with van der Waals surface area (Å²) in [6, 6.07) is 9.78. The van der Waals surface area contributed by atoms with Gasteiger partial charge in [-0.15, -0.1) is 0 Å². The van der Waals surface area contributed by atoms with Crippen LogP contribution in [0.2, 0.25) is 0 Å². The molecular weight excluding hydrogens is 400 g/mol. The van der Waals surface area contributed by atoms with Crippen LogP contribution in [0.4, 0.5) is 0 Å². The minimum atomic E-state index is -0.502. The number of nitrogens with one attached hydrogen (secondary N) is 2. The molecule has 8 nitrogen and oxygen atoms in total. The zero-order valence-corrected chi connectivity index (χ0v) is 17.8. The van der Waals surface area contributed by atoms with E-state index in [1.807, 2.05) is 42.5 Å². The average Bonchev–Trinajstić information content (AvgIpc) is 2.77. The number of cyclic esters (lactones) is 1. The van der Waals surface area contributed by atoms with Crippen molar-refractivity contribution >= 4 is 17.8 Å². The quantitative estimate of drug-likeness (QED) is 0.305. The normalized spacial score (nSPS) is 20.2. The first-order valence-corrected chi connectivity index (χ1v) is 10.7. The second-order valence-electron chi connectivity index (χ2n) is 7.37. The van der Waals surface area contributed by atoms with E-state index in [-0.39, 0.29) is 56.5 Å². The number of allylic oxidation sites excluding steroid dienone is 2. The van der Waals surface area contributed by atoms with Gasteiger partial charge < -0.3 is 25.2 Å². The minimum absolute atomic E-state index is 0.0589. The Morgan fingerprint density at radius 1 is 1.13 bits per heavy atom. The van der Waals surface area contributed by atoms with Gasteiger partial charge in [-0.3, -0.25) is 14.4 Å². The number of aliphatic hydroxyl groups is 1. The molecule has 2 unspecified atom stereocenters. The van der Waals surface area contributed by atoms with Crippen LogP contribution in [0.15, 0.2) is 42.5 Å². The van der Waals surface area contributed by atoms with Crippen molar-refractivity contribution in [1.82, 2.24) is 10.6 Å². The van der Waals surface area contributed by atoms with Crippen LogP contribution in [-0.4, -0.2) is 62.4 Å². The first-order chi connectivity index (χ1) is 15.1. The van der Waals surface area contributed by atoms with Crippen molar-refractivity contribution in [3.8, 4) is 0 Å². The van der Waals surface area contributed by atoms with Crippen LogP contribution < -0.4 is 10.6 Å². The molecule has 2 amide bonds. The molecule has 2 atom stereocenters. The summed E-state index contributed by atoms with van der Waals surface area (Å²) in [6.45, 7) is 1.09. The van der Waals surface area contributed by atoms with Gasteiger partial charge in [0.15, 0.2) is 0 Å². The fraction of sp³-hybridized carbons (Fsp3) is 0.522. The molecule has 2 rings (SSSR count). The van der Waals surface area contributed by atoms with Gasteiger partial charge in [0.2, 0.25) is 11.8 Å². The van der Waals surface area contributed by atoms with Crippen molar-refractivity contribution in [2.45, 2.75) is 25.7 Å². The van der Waals surface area contributed by atoms with Gasteiger partial charge in [0, 0.05) is 13.0 Å². The molecule has 3 N–H and O–H groups in total. The van der Waals surface area contributed by atoms with E-state index in [9.17, 15) is 14.4 Å². The molecule has 8 heteroatoms. The summed E-state index contributed by atoms with van der Waals surface area (Å²) in [4.78, 5) is 37.1. The maximum atomic E-state index is 12.4. The summed E-state index contributed by atoms with van der Waals surface area (Å²) in [5.41, 5.74) is 1.07. The molecule has 1 heterocycles. The van der Waals surface area contributed by atoms with E-state index in [4.69, 9.17) is 14.6 Å². The molecule has 0 fully saturated rings. The highest BCUT2D eigenvalue weighted by atomic mass is 16.5. The molecule has 0 aromatic heterocycles. The smallest absolute Gasteiger partial charge is 0.309 e. The summed E-state index contributed by atoms with van der Waals surface area (Å²) in [5, 5.41) is 14.1. The molecule has 1 aromatic rings. The third kappa shape index (κ3) is 9.76. The molecule has 31 heavy (non-hydrogen) atoms. The summed E-state index contributed by atoms with van der Waals surface area (Å²) in [7, 11) is 0. The number of benzene rings is 1. The van der Waals surface area contributed by atoms with Gasteiger partial charge in [-0.1, -0.05) is 42.5 Å². The lowest BCUT2D eigenvalue weighted by atomic mass is 9.94. The van der Waals surface area contributed by atoms with Crippen molar-refractivity contribution < 1.29 is 29.0 Å². The molecule has 0 saturated carbocycles. The number of rotatable bonds is 9. The maximum absolute atomic E-state index is 12.4. The van der Waals surface area contributed by atoms with Crippen LogP contribution >= 0.6 is 0 Å². The van der Waals surface area contributed by atoms with Crippen LogP contribution in [0, 0.1) is 11.8 Å². The SMILES string of the molecule is O=C(CC1CC=CCC(Cc2ccccc2)C(=O)OCCNC1=O)NCCOCCO. The van der Waals surface area contributed by atoms with Gasteiger partial charge in [-0.25, -0.2) is 0 Å². The standard InChI is InChI=1S/C23H32N2O6/c26-12-15-30-13-10-24-21(27)17-19-8-4-5-9-20(16-18-6-2-1-3-7-18)23(29)31-14-11-25-22(19)28/h1-7,19-20,26H,8-17H2,(H,24,27)(H,25,28). The van der Waals surface area contributed by atoms with Crippen molar-refractivity contribution in [3.63, 3.8) is 0 Å². The number of esters is 1. The number of aliphatic hydroxyl groups excluding tert-OH is 1. The molecule has 0 spiro atoms. The maximum Gasteiger partial charge on any atom is 0.309 e. The predicted octanol–water partition coefficient (Wildman–Crippen LogP) is 0.986. The third-order valence-corrected chi connectivity index (χ3v) is 4.92. The first-order valence-electron chi connectivity index (χ1n) is 10.7. The first kappa shape index (κ1) is 24.6. The largest absolute Gasteiger partial charge is 0.464 e. The fourth-order valence-corrected chi connectivity index (χ4v) is 3.28. The number of carbonyl (C=O) groups excluding carboxylic acids is 3. The van der Waals surface area contributed by atoms with Crippen LogP contribution in [0.1, 0.15) is 24.8 Å². The Balaban J connectivity index is 1.91. The number of hydrogen-bond acceptors (Lipinski definition) is 6. The molecule has 1 aliphatic heterocycles. The van der Waals surface area contributed by atoms with E-state index < -0.39 is 5.92 Å². The summed E-state index contributed by atoms with van der Waals surface area (Å²) < 4.78 is 10.5. The fourth-order valence-electron chi connectivity index (χ4n) is 3.28. The van der Waals surface area contributed by atoms with E-state index in [2.05, 4.69) is 10.6 Å². The number of hydrogen-bond donors (Lipinski definition) is 3. The molecular formula is C23H32N2O6. The Labute approximate surface area is 183 Å². The van der Waals surface area contributed by atoms with Crippen molar-refractivity contribution in [3.05, 3.63) is 48.0 Å². The lowest BCUT2D eigenvalue weighted by Gasteiger charge is -2.18. The molecule has 0 bridgehead atoms. The van der Waals surface area contributed by atoms with Crippen molar-refractivity contribution in [2.24, 2.45) is 11.8 Å². The van der Waals surface area contributed by atoms with Gasteiger partial charge in [0.05, 0.1) is 38.2 Å². The lowest BCUT2D eigenvalue weighted by Crippen LogP contribution is -2.37. The van der Waals surface area contributed by atoms with E-state index >= 15 is 0 Å². The zero-order chi connectivity index (χ0) is 22.3. The Morgan fingerprint density at radius 3 is 2.61 bits per heavy atom. The summed E-state index contributed by atoms with van der Waals surface area (Å²) >= 11 is 0. The van der Waals surface area contributed by atoms with E-state index in [1.54, 1.807) is 0 Å². The van der Waals surface area contributed by atoms with Gasteiger partial charge >= 0.3 is 5.97 Å². The van der Waals surface area contributed by atoms with Gasteiger partial charge in [-0.05, 0) is 24.8 Å². The second kappa shape index (κ2) is 14.3. The summed E-state index contributed by atoms with van der Waals surface area (Å²) in [6.07, 6.45) is 5.31. The topological polar surface area (TPSA) is 114 Å². The lowest BCUT2D eigenvalue weighted by molar-refractivity contribution is -0.148. The highest BCUT2D eigenvalue weighted by molar-refractivity contribution is 5.86. The van der Waals surface area contributed by atoms with Crippen LogP contribution in [0.3, 0.4) is 0 Å². The van der Waals surface area contributed by atoms with E-state index in [1.165, 1.54) is 0 Å². The van der Waals surface area contributed by atoms with Crippen molar-refractivity contribution in [1.29, 1.82) is 0 Å². The van der Waals surface area contributed by atoms with Gasteiger partial charge in [-0.2, -0.15) is 0 Å². The van der Waals surface area contributed by atoms with Crippen LogP contribution in [-0.2, 0) is 30.3 Å². The molecule has 1 aromatic carbocycles. The van der Waals surface area contributed by atoms with Crippen LogP contribution in [0.25, 0.3) is 0 Å². The third-order valence-electron chi connectivity index (χ3n) is 4.92. The highest BCUT2D eigenvalue weighted by Gasteiger charge is 2.23. The van der Waals surface area contributed by atoms with Crippen LogP contribution in [0.5, 0.6) is 0 Å². The number of amides is 2. The minimum Gasteiger partial charge on any atom is -0.464 e. The van der Waals surface area contributed by atoms with E-state index in [0.29, 0.717) is 32.4 Å². The molecule has 170 valence electrons. The van der Waals surface area contributed by atoms with Gasteiger partial charge in [0.1, 0.15) is 6.61 Å². The zero-order valence-electron chi connectivity index (χ0n) is 17.8. The monoisotopic (exact) mass is 432 g/mol.